The summed E-state index contributed by atoms with van der Waals surface area (Å²) in [4.78, 5) is 4.02. The number of ether oxygens (including phenoxy) is 1. The van der Waals surface area contributed by atoms with Crippen molar-refractivity contribution in [1.29, 1.82) is 0 Å². The van der Waals surface area contributed by atoms with Crippen molar-refractivity contribution in [3.8, 4) is 0 Å². The predicted octanol–water partition coefficient (Wildman–Crippen LogP) is 3.48. The maximum atomic E-state index is 6.20. The van der Waals surface area contributed by atoms with Crippen LogP contribution >= 0.6 is 22.9 Å². The Morgan fingerprint density at radius 2 is 2.19 bits per heavy atom. The molecule has 1 unspecified atom stereocenters. The number of nitrogens with zero attached hydrogens (tertiary/aromatic N) is 1. The van der Waals surface area contributed by atoms with Gasteiger partial charge in [-0.15, -0.1) is 11.3 Å². The highest BCUT2D eigenvalue weighted by atomic mass is 35.5. The zero-order chi connectivity index (χ0) is 14.9. The van der Waals surface area contributed by atoms with E-state index in [1.54, 1.807) is 11.3 Å². The maximum Gasteiger partial charge on any atom is 0.0934 e. The molecule has 1 atom stereocenters. The van der Waals surface area contributed by atoms with Crippen LogP contribution in [0.2, 0.25) is 4.34 Å². The molecule has 0 amide bonds. The number of hydrogen-bond acceptors (Lipinski definition) is 4. The normalized spacial score (nSPS) is 24.0. The Morgan fingerprint density at radius 3 is 2.95 bits per heavy atom. The average Bonchev–Trinajstić information content (AvgIpc) is 2.87. The molecule has 0 aromatic carbocycles. The second kappa shape index (κ2) is 6.55. The predicted molar refractivity (Wildman–Crippen MR) is 89.5 cm³/mol. The lowest BCUT2D eigenvalue weighted by Gasteiger charge is -2.42. The molecule has 2 aliphatic rings. The lowest BCUT2D eigenvalue weighted by Crippen LogP contribution is -2.55. The van der Waals surface area contributed by atoms with E-state index in [2.05, 4.69) is 30.1 Å². The molecular formula is C16H25ClN2OS. The van der Waals surface area contributed by atoms with E-state index in [1.807, 2.05) is 0 Å². The van der Waals surface area contributed by atoms with Crippen LogP contribution in [0.1, 0.15) is 43.2 Å². The minimum absolute atomic E-state index is 0.168. The van der Waals surface area contributed by atoms with Gasteiger partial charge in [0.05, 0.1) is 17.6 Å². The Bertz CT molecular complexity index is 483. The molecule has 0 saturated carbocycles. The molecule has 2 heterocycles. The van der Waals surface area contributed by atoms with E-state index < -0.39 is 0 Å². The second-order valence-electron chi connectivity index (χ2n) is 6.67. The molecule has 1 aliphatic carbocycles. The number of hydrogen-bond donors (Lipinski definition) is 1. The van der Waals surface area contributed by atoms with Gasteiger partial charge in [-0.25, -0.2) is 0 Å². The first kappa shape index (κ1) is 15.8. The van der Waals surface area contributed by atoms with Crippen LogP contribution in [0.4, 0.5) is 0 Å². The fourth-order valence-electron chi connectivity index (χ4n) is 3.39. The van der Waals surface area contributed by atoms with Crippen molar-refractivity contribution in [2.45, 2.75) is 44.7 Å². The monoisotopic (exact) mass is 328 g/mol. The van der Waals surface area contributed by atoms with E-state index in [1.165, 1.54) is 29.7 Å². The van der Waals surface area contributed by atoms with Gasteiger partial charge in [-0.3, -0.25) is 4.90 Å². The molecule has 118 valence electrons. The molecule has 1 aromatic rings. The van der Waals surface area contributed by atoms with Crippen LogP contribution in [0.25, 0.3) is 0 Å². The quantitative estimate of drug-likeness (QED) is 0.915. The topological polar surface area (TPSA) is 24.5 Å². The Balaban J connectivity index is 1.62. The third-order valence-electron chi connectivity index (χ3n) is 4.73. The average molecular weight is 329 g/mol. The van der Waals surface area contributed by atoms with E-state index in [4.69, 9.17) is 16.3 Å². The fourth-order valence-corrected chi connectivity index (χ4v) is 4.77. The van der Waals surface area contributed by atoms with Crippen LogP contribution < -0.4 is 5.32 Å². The summed E-state index contributed by atoms with van der Waals surface area (Å²) in [5.41, 5.74) is 1.61. The highest BCUT2D eigenvalue weighted by Crippen LogP contribution is 2.38. The number of rotatable bonds is 4. The summed E-state index contributed by atoms with van der Waals surface area (Å²) >= 11 is 7.95. The van der Waals surface area contributed by atoms with Crippen LogP contribution in [-0.4, -0.2) is 43.3 Å². The SMILES string of the molecule is CC(C)(CNC1CCCc2sc(Cl)cc21)N1CCOCC1. The highest BCUT2D eigenvalue weighted by Gasteiger charge is 2.30. The number of halogens is 1. The Morgan fingerprint density at radius 1 is 1.43 bits per heavy atom. The number of thiophene rings is 1. The zero-order valence-corrected chi connectivity index (χ0v) is 14.5. The molecule has 1 N–H and O–H groups in total. The molecule has 0 spiro atoms. The van der Waals surface area contributed by atoms with Crippen LogP contribution in [-0.2, 0) is 11.2 Å². The van der Waals surface area contributed by atoms with Crippen molar-refractivity contribution >= 4 is 22.9 Å². The van der Waals surface area contributed by atoms with Crippen LogP contribution in [0.3, 0.4) is 0 Å². The van der Waals surface area contributed by atoms with E-state index in [9.17, 15) is 0 Å². The van der Waals surface area contributed by atoms with Gasteiger partial charge in [-0.05, 0) is 44.7 Å². The lowest BCUT2D eigenvalue weighted by atomic mass is 9.92. The van der Waals surface area contributed by atoms with Crippen molar-refractivity contribution < 1.29 is 4.74 Å². The number of morpholine rings is 1. The second-order valence-corrected chi connectivity index (χ2v) is 8.43. The first-order valence-corrected chi connectivity index (χ1v) is 9.10. The molecule has 1 saturated heterocycles. The summed E-state index contributed by atoms with van der Waals surface area (Å²) in [5.74, 6) is 0. The van der Waals surface area contributed by atoms with Crippen molar-refractivity contribution in [3.05, 3.63) is 20.8 Å². The maximum absolute atomic E-state index is 6.20. The van der Waals surface area contributed by atoms with Gasteiger partial charge in [0.2, 0.25) is 0 Å². The van der Waals surface area contributed by atoms with Gasteiger partial charge in [-0.2, -0.15) is 0 Å². The summed E-state index contributed by atoms with van der Waals surface area (Å²) in [6.45, 7) is 9.45. The van der Waals surface area contributed by atoms with Gasteiger partial charge in [0.15, 0.2) is 0 Å². The summed E-state index contributed by atoms with van der Waals surface area (Å²) in [6.07, 6.45) is 3.68. The number of aryl methyl sites for hydroxylation is 1. The molecule has 3 nitrogen and oxygen atoms in total. The van der Waals surface area contributed by atoms with Gasteiger partial charge in [-0.1, -0.05) is 11.6 Å². The number of nitrogens with one attached hydrogen (secondary N) is 1. The van der Waals surface area contributed by atoms with Gasteiger partial charge in [0, 0.05) is 36.1 Å². The lowest BCUT2D eigenvalue weighted by molar-refractivity contribution is -0.0105. The zero-order valence-electron chi connectivity index (χ0n) is 13.0. The Labute approximate surface area is 136 Å². The van der Waals surface area contributed by atoms with Gasteiger partial charge in [0.1, 0.15) is 0 Å². The first-order chi connectivity index (χ1) is 10.1. The van der Waals surface area contributed by atoms with Gasteiger partial charge < -0.3 is 10.1 Å². The fraction of sp³-hybridized carbons (Fsp3) is 0.750. The van der Waals surface area contributed by atoms with Gasteiger partial charge >= 0.3 is 0 Å². The molecule has 1 fully saturated rings. The summed E-state index contributed by atoms with van der Waals surface area (Å²) < 4.78 is 6.39. The minimum atomic E-state index is 0.168. The Hall–Kier alpha value is -0.130. The number of fused-ring (bicyclic) bond motifs is 1. The van der Waals surface area contributed by atoms with Crippen molar-refractivity contribution in [1.82, 2.24) is 10.2 Å². The van der Waals surface area contributed by atoms with E-state index in [0.29, 0.717) is 6.04 Å². The van der Waals surface area contributed by atoms with E-state index >= 15 is 0 Å². The molecule has 1 aliphatic heterocycles. The molecule has 5 heteroatoms. The molecule has 3 rings (SSSR count). The van der Waals surface area contributed by atoms with Crippen LogP contribution in [0.5, 0.6) is 0 Å². The third-order valence-corrected chi connectivity index (χ3v) is 6.07. The smallest absolute Gasteiger partial charge is 0.0934 e. The van der Waals surface area contributed by atoms with Crippen LogP contribution in [0, 0.1) is 0 Å². The van der Waals surface area contributed by atoms with Crippen molar-refractivity contribution in [2.24, 2.45) is 0 Å². The van der Waals surface area contributed by atoms with E-state index in [0.717, 1.165) is 37.2 Å². The molecule has 21 heavy (non-hydrogen) atoms. The van der Waals surface area contributed by atoms with Crippen molar-refractivity contribution in [2.75, 3.05) is 32.8 Å². The largest absolute Gasteiger partial charge is 0.379 e. The first-order valence-electron chi connectivity index (χ1n) is 7.90. The molecule has 0 bridgehead atoms. The summed E-state index contributed by atoms with van der Waals surface area (Å²) in [6, 6.07) is 2.64. The van der Waals surface area contributed by atoms with Crippen molar-refractivity contribution in [3.63, 3.8) is 0 Å². The standard InChI is InChI=1S/C16H25ClN2OS/c1-16(2,19-6-8-20-9-7-19)11-18-13-4-3-5-14-12(13)10-15(17)21-14/h10,13,18H,3-9,11H2,1-2H3. The minimum Gasteiger partial charge on any atom is -0.379 e. The third kappa shape index (κ3) is 3.62. The van der Waals surface area contributed by atoms with Gasteiger partial charge in [0.25, 0.3) is 0 Å². The molecule has 1 aromatic heterocycles. The summed E-state index contributed by atoms with van der Waals surface area (Å²) in [5, 5.41) is 3.79. The molecular weight excluding hydrogens is 304 g/mol. The van der Waals surface area contributed by atoms with Crippen LogP contribution in [0.15, 0.2) is 6.07 Å². The Kier molecular flexibility index (Phi) is 4.91. The molecule has 0 radical (unpaired) electrons. The highest BCUT2D eigenvalue weighted by molar-refractivity contribution is 7.16. The summed E-state index contributed by atoms with van der Waals surface area (Å²) in [7, 11) is 0. The van der Waals surface area contributed by atoms with E-state index in [-0.39, 0.29) is 5.54 Å².